The van der Waals surface area contributed by atoms with Gasteiger partial charge in [-0.1, -0.05) is 39.7 Å². The monoisotopic (exact) mass is 324 g/mol. The van der Waals surface area contributed by atoms with Gasteiger partial charge < -0.3 is 4.74 Å². The molecule has 0 aliphatic heterocycles. The Morgan fingerprint density at radius 3 is 2.44 bits per heavy atom. The highest BCUT2D eigenvalue weighted by molar-refractivity contribution is 9.08. The van der Waals surface area contributed by atoms with Gasteiger partial charge in [0.25, 0.3) is 0 Å². The Morgan fingerprint density at radius 1 is 1.06 bits per heavy atom. The van der Waals surface area contributed by atoms with Crippen LogP contribution in [0.2, 0.25) is 5.02 Å². The number of benzene rings is 2. The molecule has 0 bridgehead atoms. The second-order valence-electron chi connectivity index (χ2n) is 4.25. The number of rotatable bonds is 3. The Labute approximate surface area is 121 Å². The first kappa shape index (κ1) is 13.4. The van der Waals surface area contributed by atoms with Crippen LogP contribution in [0.15, 0.2) is 36.4 Å². The predicted octanol–water partition coefficient (Wildman–Crippen LogP) is 5.64. The molecular weight excluding hydrogens is 312 g/mol. The van der Waals surface area contributed by atoms with Crippen molar-refractivity contribution in [2.45, 2.75) is 19.2 Å². The molecule has 18 heavy (non-hydrogen) atoms. The number of ether oxygens (including phenoxy) is 1. The number of hydrogen-bond acceptors (Lipinski definition) is 1. The first-order chi connectivity index (χ1) is 8.60. The van der Waals surface area contributed by atoms with Gasteiger partial charge in [-0.25, -0.2) is 0 Å². The van der Waals surface area contributed by atoms with Gasteiger partial charge in [0.15, 0.2) is 0 Å². The molecule has 0 aliphatic carbocycles. The lowest BCUT2D eigenvalue weighted by Gasteiger charge is -2.10. The van der Waals surface area contributed by atoms with Gasteiger partial charge in [-0.05, 0) is 54.8 Å². The molecule has 0 fully saturated rings. The quantitative estimate of drug-likeness (QED) is 0.663. The standard InChI is InChI=1S/C15H14BrClO/c1-10-3-5-13(7-11(10)2)18-15-6-4-12(9-16)8-14(15)17/h3-8H,9H2,1-2H3. The maximum atomic E-state index is 6.18. The van der Waals surface area contributed by atoms with Gasteiger partial charge in [0.2, 0.25) is 0 Å². The van der Waals surface area contributed by atoms with Gasteiger partial charge >= 0.3 is 0 Å². The van der Waals surface area contributed by atoms with E-state index in [1.807, 2.05) is 36.4 Å². The average molecular weight is 326 g/mol. The van der Waals surface area contributed by atoms with Gasteiger partial charge in [-0.3, -0.25) is 0 Å². The van der Waals surface area contributed by atoms with E-state index < -0.39 is 0 Å². The first-order valence-corrected chi connectivity index (χ1v) is 7.19. The van der Waals surface area contributed by atoms with Crippen LogP contribution in [0.25, 0.3) is 0 Å². The summed E-state index contributed by atoms with van der Waals surface area (Å²) in [7, 11) is 0. The SMILES string of the molecule is Cc1ccc(Oc2ccc(CBr)cc2Cl)cc1C. The van der Waals surface area contributed by atoms with Crippen LogP contribution in [0, 0.1) is 13.8 Å². The summed E-state index contributed by atoms with van der Waals surface area (Å²) in [6, 6.07) is 11.8. The second-order valence-corrected chi connectivity index (χ2v) is 5.21. The minimum Gasteiger partial charge on any atom is -0.456 e. The molecule has 0 heterocycles. The van der Waals surface area contributed by atoms with E-state index in [2.05, 4.69) is 29.8 Å². The third kappa shape index (κ3) is 3.06. The number of aryl methyl sites for hydroxylation is 2. The largest absolute Gasteiger partial charge is 0.456 e. The Balaban J connectivity index is 2.25. The minimum absolute atomic E-state index is 0.630. The molecule has 3 heteroatoms. The van der Waals surface area contributed by atoms with Gasteiger partial charge in [-0.15, -0.1) is 0 Å². The summed E-state index contributed by atoms with van der Waals surface area (Å²) in [5.41, 5.74) is 3.59. The molecule has 0 unspecified atom stereocenters. The van der Waals surface area contributed by atoms with E-state index in [9.17, 15) is 0 Å². The summed E-state index contributed by atoms with van der Waals surface area (Å²) in [6.07, 6.45) is 0. The zero-order valence-electron chi connectivity index (χ0n) is 10.3. The molecule has 1 nitrogen and oxygen atoms in total. The second kappa shape index (κ2) is 5.77. The van der Waals surface area contributed by atoms with Gasteiger partial charge in [0.1, 0.15) is 11.5 Å². The van der Waals surface area contributed by atoms with Crippen molar-refractivity contribution in [1.82, 2.24) is 0 Å². The zero-order chi connectivity index (χ0) is 13.1. The van der Waals surface area contributed by atoms with Crippen molar-refractivity contribution in [2.75, 3.05) is 0 Å². The average Bonchev–Trinajstić information content (AvgIpc) is 2.36. The molecule has 0 aliphatic rings. The Bertz CT molecular complexity index is 566. The highest BCUT2D eigenvalue weighted by Crippen LogP contribution is 2.31. The number of alkyl halides is 1. The van der Waals surface area contributed by atoms with E-state index in [-0.39, 0.29) is 0 Å². The molecule has 94 valence electrons. The lowest BCUT2D eigenvalue weighted by atomic mass is 10.1. The first-order valence-electron chi connectivity index (χ1n) is 5.69. The molecule has 0 atom stereocenters. The fraction of sp³-hybridized carbons (Fsp3) is 0.200. The third-order valence-electron chi connectivity index (χ3n) is 2.86. The summed E-state index contributed by atoms with van der Waals surface area (Å²) < 4.78 is 5.80. The summed E-state index contributed by atoms with van der Waals surface area (Å²) in [5, 5.41) is 1.42. The molecule has 0 radical (unpaired) electrons. The smallest absolute Gasteiger partial charge is 0.146 e. The molecule has 2 aromatic rings. The lowest BCUT2D eigenvalue weighted by Crippen LogP contribution is -1.88. The fourth-order valence-electron chi connectivity index (χ4n) is 1.61. The van der Waals surface area contributed by atoms with Gasteiger partial charge in [0.05, 0.1) is 5.02 Å². The van der Waals surface area contributed by atoms with Gasteiger partial charge in [-0.2, -0.15) is 0 Å². The molecular formula is C15H14BrClO. The van der Waals surface area contributed by atoms with Crippen molar-refractivity contribution >= 4 is 27.5 Å². The Morgan fingerprint density at radius 2 is 1.83 bits per heavy atom. The molecule has 0 amide bonds. The molecule has 0 spiro atoms. The molecule has 2 aromatic carbocycles. The topological polar surface area (TPSA) is 9.23 Å². The van der Waals surface area contributed by atoms with Crippen molar-refractivity contribution in [1.29, 1.82) is 0 Å². The Kier molecular flexibility index (Phi) is 4.31. The maximum absolute atomic E-state index is 6.18. The van der Waals surface area contributed by atoms with E-state index in [4.69, 9.17) is 16.3 Å². The van der Waals surface area contributed by atoms with Gasteiger partial charge in [0, 0.05) is 5.33 Å². The molecule has 0 N–H and O–H groups in total. The molecule has 0 saturated heterocycles. The summed E-state index contributed by atoms with van der Waals surface area (Å²) >= 11 is 9.58. The summed E-state index contributed by atoms with van der Waals surface area (Å²) in [5.74, 6) is 1.50. The summed E-state index contributed by atoms with van der Waals surface area (Å²) in [6.45, 7) is 4.15. The zero-order valence-corrected chi connectivity index (χ0v) is 12.7. The Hall–Kier alpha value is -0.990. The predicted molar refractivity (Wildman–Crippen MR) is 80.1 cm³/mol. The minimum atomic E-state index is 0.630. The van der Waals surface area contributed by atoms with E-state index >= 15 is 0 Å². The van der Waals surface area contributed by atoms with E-state index in [1.54, 1.807) is 0 Å². The van der Waals surface area contributed by atoms with Crippen LogP contribution in [0.3, 0.4) is 0 Å². The molecule has 0 aromatic heterocycles. The highest BCUT2D eigenvalue weighted by atomic mass is 79.9. The van der Waals surface area contributed by atoms with Crippen LogP contribution >= 0.6 is 27.5 Å². The maximum Gasteiger partial charge on any atom is 0.146 e. The van der Waals surface area contributed by atoms with Crippen molar-refractivity contribution in [3.05, 3.63) is 58.1 Å². The van der Waals surface area contributed by atoms with E-state index in [0.717, 1.165) is 16.6 Å². The van der Waals surface area contributed by atoms with Crippen molar-refractivity contribution in [2.24, 2.45) is 0 Å². The van der Waals surface area contributed by atoms with E-state index in [0.29, 0.717) is 10.8 Å². The third-order valence-corrected chi connectivity index (χ3v) is 3.80. The number of hydrogen-bond donors (Lipinski definition) is 0. The molecule has 2 rings (SSSR count). The van der Waals surface area contributed by atoms with Crippen molar-refractivity contribution < 1.29 is 4.74 Å². The highest BCUT2D eigenvalue weighted by Gasteiger charge is 2.05. The van der Waals surface area contributed by atoms with Crippen LogP contribution < -0.4 is 4.74 Å². The van der Waals surface area contributed by atoms with Crippen molar-refractivity contribution in [3.8, 4) is 11.5 Å². The van der Waals surface area contributed by atoms with Crippen LogP contribution in [0.1, 0.15) is 16.7 Å². The lowest BCUT2D eigenvalue weighted by molar-refractivity contribution is 0.482. The van der Waals surface area contributed by atoms with Crippen LogP contribution in [-0.2, 0) is 5.33 Å². The molecule has 0 saturated carbocycles. The van der Waals surface area contributed by atoms with Crippen LogP contribution in [0.5, 0.6) is 11.5 Å². The van der Waals surface area contributed by atoms with E-state index in [1.165, 1.54) is 11.1 Å². The normalized spacial score (nSPS) is 10.4. The van der Waals surface area contributed by atoms with Crippen LogP contribution in [-0.4, -0.2) is 0 Å². The summed E-state index contributed by atoms with van der Waals surface area (Å²) in [4.78, 5) is 0. The number of halogens is 2. The fourth-order valence-corrected chi connectivity index (χ4v) is 2.21. The van der Waals surface area contributed by atoms with Crippen LogP contribution in [0.4, 0.5) is 0 Å². The van der Waals surface area contributed by atoms with Crippen molar-refractivity contribution in [3.63, 3.8) is 0 Å².